The molecule has 1 aliphatic carbocycles. The molecular weight excluding hydrogens is 285 g/mol. The lowest BCUT2D eigenvalue weighted by molar-refractivity contribution is 0.302. The number of hydrogen-bond donors (Lipinski definition) is 1. The van der Waals surface area contributed by atoms with Gasteiger partial charge < -0.3 is 10.1 Å². The highest BCUT2D eigenvalue weighted by Gasteiger charge is 2.27. The molecule has 1 N–H and O–H groups in total. The normalized spacial score (nSPS) is 16.9. The van der Waals surface area contributed by atoms with Crippen LogP contribution < -0.4 is 10.1 Å². The van der Waals surface area contributed by atoms with Gasteiger partial charge in [-0.1, -0.05) is 15.9 Å². The highest BCUT2D eigenvalue weighted by molar-refractivity contribution is 9.10. The van der Waals surface area contributed by atoms with E-state index in [0.717, 1.165) is 12.5 Å². The van der Waals surface area contributed by atoms with Gasteiger partial charge in [0.15, 0.2) is 0 Å². The van der Waals surface area contributed by atoms with Gasteiger partial charge in [0.2, 0.25) is 0 Å². The largest absolute Gasteiger partial charge is 0.492 e. The SMILES string of the molecule is CC(NCCOc1cc(F)cc(Br)c1)C1CC1. The molecular formula is C13H17BrFNO. The van der Waals surface area contributed by atoms with Gasteiger partial charge in [0, 0.05) is 23.1 Å². The van der Waals surface area contributed by atoms with Gasteiger partial charge >= 0.3 is 0 Å². The third-order valence-corrected chi connectivity index (χ3v) is 3.46. The van der Waals surface area contributed by atoms with Crippen molar-refractivity contribution in [3.8, 4) is 5.75 Å². The average molecular weight is 302 g/mol. The first-order chi connectivity index (χ1) is 8.15. The molecule has 17 heavy (non-hydrogen) atoms. The second-order valence-electron chi connectivity index (χ2n) is 4.53. The van der Waals surface area contributed by atoms with Crippen LogP contribution in [0.15, 0.2) is 22.7 Å². The zero-order chi connectivity index (χ0) is 12.3. The molecule has 1 aromatic carbocycles. The van der Waals surface area contributed by atoms with Crippen LogP contribution in [-0.2, 0) is 0 Å². The van der Waals surface area contributed by atoms with Gasteiger partial charge in [0.1, 0.15) is 18.2 Å². The quantitative estimate of drug-likeness (QED) is 0.814. The lowest BCUT2D eigenvalue weighted by Gasteiger charge is -2.13. The molecule has 0 amide bonds. The van der Waals surface area contributed by atoms with E-state index in [9.17, 15) is 4.39 Å². The highest BCUT2D eigenvalue weighted by Crippen LogP contribution is 2.32. The van der Waals surface area contributed by atoms with E-state index < -0.39 is 0 Å². The monoisotopic (exact) mass is 301 g/mol. The van der Waals surface area contributed by atoms with Crippen LogP contribution in [0.4, 0.5) is 4.39 Å². The summed E-state index contributed by atoms with van der Waals surface area (Å²) in [6, 6.07) is 5.15. The molecule has 2 nitrogen and oxygen atoms in total. The second-order valence-corrected chi connectivity index (χ2v) is 5.45. The molecule has 1 atom stereocenters. The van der Waals surface area contributed by atoms with Crippen LogP contribution in [0.2, 0.25) is 0 Å². The van der Waals surface area contributed by atoms with Crippen molar-refractivity contribution < 1.29 is 9.13 Å². The molecule has 1 unspecified atom stereocenters. The fourth-order valence-electron chi connectivity index (χ4n) is 1.83. The summed E-state index contributed by atoms with van der Waals surface area (Å²) in [5, 5.41) is 3.41. The third-order valence-electron chi connectivity index (χ3n) is 3.00. The van der Waals surface area contributed by atoms with Gasteiger partial charge in [-0.05, 0) is 37.8 Å². The number of nitrogens with one attached hydrogen (secondary N) is 1. The van der Waals surface area contributed by atoms with Gasteiger partial charge in [0.25, 0.3) is 0 Å². The minimum atomic E-state index is -0.284. The summed E-state index contributed by atoms with van der Waals surface area (Å²) < 4.78 is 19.2. The van der Waals surface area contributed by atoms with E-state index in [2.05, 4.69) is 28.2 Å². The first kappa shape index (κ1) is 12.8. The molecule has 94 valence electrons. The van der Waals surface area contributed by atoms with Crippen molar-refractivity contribution in [2.45, 2.75) is 25.8 Å². The minimum absolute atomic E-state index is 0.284. The van der Waals surface area contributed by atoms with Gasteiger partial charge in [-0.3, -0.25) is 0 Å². The van der Waals surface area contributed by atoms with Crippen LogP contribution in [0, 0.1) is 11.7 Å². The maximum Gasteiger partial charge on any atom is 0.128 e. The molecule has 4 heteroatoms. The Kier molecular flexibility index (Phi) is 4.40. The van der Waals surface area contributed by atoms with Crippen LogP contribution in [0.3, 0.4) is 0 Å². The van der Waals surface area contributed by atoms with Crippen molar-refractivity contribution in [3.05, 3.63) is 28.5 Å². The van der Waals surface area contributed by atoms with E-state index in [1.54, 1.807) is 6.07 Å². The van der Waals surface area contributed by atoms with Crippen LogP contribution in [0.5, 0.6) is 5.75 Å². The molecule has 0 aliphatic heterocycles. The molecule has 0 bridgehead atoms. The first-order valence-corrected chi connectivity index (χ1v) is 6.77. The Morgan fingerprint density at radius 3 is 2.88 bits per heavy atom. The molecule has 0 aromatic heterocycles. The average Bonchev–Trinajstić information content (AvgIpc) is 3.06. The second kappa shape index (κ2) is 5.83. The van der Waals surface area contributed by atoms with Crippen LogP contribution in [0.25, 0.3) is 0 Å². The van der Waals surface area contributed by atoms with Crippen LogP contribution in [-0.4, -0.2) is 19.2 Å². The fourth-order valence-corrected chi connectivity index (χ4v) is 2.27. The Labute approximate surface area is 110 Å². The van der Waals surface area contributed by atoms with Gasteiger partial charge in [-0.2, -0.15) is 0 Å². The first-order valence-electron chi connectivity index (χ1n) is 5.97. The summed E-state index contributed by atoms with van der Waals surface area (Å²) in [5.74, 6) is 1.13. The Morgan fingerprint density at radius 1 is 1.47 bits per heavy atom. The zero-order valence-electron chi connectivity index (χ0n) is 9.88. The lowest BCUT2D eigenvalue weighted by Crippen LogP contribution is -2.31. The standard InChI is InChI=1S/C13H17BrFNO/c1-9(10-2-3-10)16-4-5-17-13-7-11(14)6-12(15)8-13/h6-10,16H,2-5H2,1H3. The lowest BCUT2D eigenvalue weighted by atomic mass is 10.2. The highest BCUT2D eigenvalue weighted by atomic mass is 79.9. The zero-order valence-corrected chi connectivity index (χ0v) is 11.5. The predicted molar refractivity (Wildman–Crippen MR) is 69.8 cm³/mol. The number of benzene rings is 1. The summed E-state index contributed by atoms with van der Waals surface area (Å²) in [5.41, 5.74) is 0. The van der Waals surface area contributed by atoms with E-state index in [0.29, 0.717) is 22.9 Å². The fraction of sp³-hybridized carbons (Fsp3) is 0.538. The van der Waals surface area contributed by atoms with Crippen molar-refractivity contribution >= 4 is 15.9 Å². The van der Waals surface area contributed by atoms with Crippen molar-refractivity contribution in [2.24, 2.45) is 5.92 Å². The maximum atomic E-state index is 13.1. The van der Waals surface area contributed by atoms with Crippen molar-refractivity contribution in [1.82, 2.24) is 5.32 Å². The summed E-state index contributed by atoms with van der Waals surface area (Å²) in [4.78, 5) is 0. The maximum absolute atomic E-state index is 13.1. The Morgan fingerprint density at radius 2 is 2.24 bits per heavy atom. The molecule has 0 radical (unpaired) electrons. The molecule has 1 fully saturated rings. The number of halogens is 2. The van der Waals surface area contributed by atoms with Gasteiger partial charge in [-0.15, -0.1) is 0 Å². The number of ether oxygens (including phenoxy) is 1. The van der Waals surface area contributed by atoms with Crippen LogP contribution in [0.1, 0.15) is 19.8 Å². The molecule has 1 aliphatic rings. The van der Waals surface area contributed by atoms with Crippen LogP contribution >= 0.6 is 15.9 Å². The predicted octanol–water partition coefficient (Wildman–Crippen LogP) is 3.36. The van der Waals surface area contributed by atoms with Crippen molar-refractivity contribution in [2.75, 3.05) is 13.2 Å². The van der Waals surface area contributed by atoms with E-state index >= 15 is 0 Å². The summed E-state index contributed by atoms with van der Waals surface area (Å²) in [6.45, 7) is 3.56. The minimum Gasteiger partial charge on any atom is -0.492 e. The van der Waals surface area contributed by atoms with Crippen molar-refractivity contribution in [3.63, 3.8) is 0 Å². The van der Waals surface area contributed by atoms with Gasteiger partial charge in [0.05, 0.1) is 0 Å². The van der Waals surface area contributed by atoms with E-state index in [1.807, 2.05) is 0 Å². The molecule has 0 spiro atoms. The van der Waals surface area contributed by atoms with Gasteiger partial charge in [-0.25, -0.2) is 4.39 Å². The smallest absolute Gasteiger partial charge is 0.128 e. The molecule has 1 aromatic rings. The van der Waals surface area contributed by atoms with Crippen molar-refractivity contribution in [1.29, 1.82) is 0 Å². The Hall–Kier alpha value is -0.610. The molecule has 2 rings (SSSR count). The summed E-state index contributed by atoms with van der Waals surface area (Å²) in [6.07, 6.45) is 2.68. The number of rotatable bonds is 6. The van der Waals surface area contributed by atoms with E-state index in [4.69, 9.17) is 4.74 Å². The topological polar surface area (TPSA) is 21.3 Å². The number of hydrogen-bond acceptors (Lipinski definition) is 2. The van der Waals surface area contributed by atoms with E-state index in [-0.39, 0.29) is 5.82 Å². The Bertz CT molecular complexity index is 361. The Balaban J connectivity index is 1.70. The molecule has 1 saturated carbocycles. The summed E-state index contributed by atoms with van der Waals surface area (Å²) >= 11 is 3.24. The third kappa shape index (κ3) is 4.28. The van der Waals surface area contributed by atoms with E-state index in [1.165, 1.54) is 25.0 Å². The molecule has 0 saturated heterocycles. The molecule has 0 heterocycles. The summed E-state index contributed by atoms with van der Waals surface area (Å²) in [7, 11) is 0.